The van der Waals surface area contributed by atoms with Crippen molar-refractivity contribution in [3.63, 3.8) is 0 Å². The molecule has 2 N–H and O–H groups in total. The number of aromatic amines is 2. The quantitative estimate of drug-likeness (QED) is 0.638. The van der Waals surface area contributed by atoms with E-state index in [0.29, 0.717) is 0 Å². The highest BCUT2D eigenvalue weighted by Gasteiger charge is 2.15. The molecular formula is C13H13N3. The van der Waals surface area contributed by atoms with Gasteiger partial charge in [-0.3, -0.25) is 5.10 Å². The molecule has 1 aliphatic carbocycles. The third-order valence-electron chi connectivity index (χ3n) is 3.13. The molecule has 1 aromatic rings. The van der Waals surface area contributed by atoms with E-state index in [1.54, 1.807) is 0 Å². The molecule has 0 fully saturated rings. The molecule has 2 aliphatic rings. The number of aryl methyl sites for hydroxylation is 1. The number of hydrogen-bond donors (Lipinski definition) is 2. The minimum atomic E-state index is 1.14. The van der Waals surface area contributed by atoms with Crippen molar-refractivity contribution in [1.82, 2.24) is 15.2 Å². The molecule has 0 spiro atoms. The summed E-state index contributed by atoms with van der Waals surface area (Å²) < 4.78 is 0. The average Bonchev–Trinajstić information content (AvgIpc) is 2.88. The summed E-state index contributed by atoms with van der Waals surface area (Å²) >= 11 is 0. The summed E-state index contributed by atoms with van der Waals surface area (Å²) in [6.07, 6.45) is 5.77. The lowest BCUT2D eigenvalue weighted by atomic mass is 10.1. The van der Waals surface area contributed by atoms with Crippen LogP contribution in [0.25, 0.3) is 22.4 Å². The number of nitrogens with one attached hydrogen (secondary N) is 2. The molecule has 0 aromatic carbocycles. The molecule has 1 aromatic heterocycles. The Kier molecular flexibility index (Phi) is 1.86. The Morgan fingerprint density at radius 2 is 2.06 bits per heavy atom. The van der Waals surface area contributed by atoms with Gasteiger partial charge in [-0.05, 0) is 42.7 Å². The van der Waals surface area contributed by atoms with Crippen molar-refractivity contribution in [1.29, 1.82) is 0 Å². The third kappa shape index (κ3) is 1.18. The predicted octanol–water partition coefficient (Wildman–Crippen LogP) is 3.13. The summed E-state index contributed by atoms with van der Waals surface area (Å²) in [7, 11) is 0. The van der Waals surface area contributed by atoms with E-state index in [2.05, 4.69) is 41.2 Å². The molecule has 0 radical (unpaired) electrons. The maximum atomic E-state index is 4.00. The van der Waals surface area contributed by atoms with Gasteiger partial charge in [0.1, 0.15) is 0 Å². The van der Waals surface area contributed by atoms with Gasteiger partial charge < -0.3 is 4.98 Å². The Labute approximate surface area is 93.9 Å². The maximum absolute atomic E-state index is 4.00. The highest BCUT2D eigenvalue weighted by molar-refractivity contribution is 5.83. The summed E-state index contributed by atoms with van der Waals surface area (Å²) in [4.78, 5) is 3.31. The minimum Gasteiger partial charge on any atom is -0.361 e. The Morgan fingerprint density at radius 1 is 1.19 bits per heavy atom. The van der Waals surface area contributed by atoms with Crippen molar-refractivity contribution >= 4 is 0 Å². The van der Waals surface area contributed by atoms with Crippen molar-refractivity contribution in [3.05, 3.63) is 41.9 Å². The van der Waals surface area contributed by atoms with Crippen LogP contribution < -0.4 is 0 Å². The second-order valence-electron chi connectivity index (χ2n) is 4.12. The first-order valence-electron chi connectivity index (χ1n) is 5.34. The largest absolute Gasteiger partial charge is 0.361 e. The van der Waals surface area contributed by atoms with Crippen LogP contribution >= 0.6 is 0 Å². The first-order chi connectivity index (χ1) is 7.77. The summed E-state index contributed by atoms with van der Waals surface area (Å²) in [5, 5.41) is 6.85. The summed E-state index contributed by atoms with van der Waals surface area (Å²) in [5.41, 5.74) is 7.47. The summed E-state index contributed by atoms with van der Waals surface area (Å²) in [5.74, 6) is 0. The topological polar surface area (TPSA) is 44.5 Å². The van der Waals surface area contributed by atoms with E-state index in [1.807, 2.05) is 18.6 Å². The lowest BCUT2D eigenvalue weighted by molar-refractivity contribution is 1.09. The zero-order valence-electron chi connectivity index (χ0n) is 9.33. The van der Waals surface area contributed by atoms with Crippen LogP contribution in [0.5, 0.6) is 0 Å². The molecule has 2 heterocycles. The number of hydrogen-bond acceptors (Lipinski definition) is 1. The monoisotopic (exact) mass is 211 g/mol. The molecule has 0 unspecified atom stereocenters. The molecule has 0 saturated carbocycles. The number of H-pyrrole nitrogens is 2. The number of nitrogens with zero attached hydrogens (tertiary/aromatic N) is 1. The van der Waals surface area contributed by atoms with Crippen molar-refractivity contribution < 1.29 is 0 Å². The number of pyridine rings is 1. The van der Waals surface area contributed by atoms with E-state index in [9.17, 15) is 0 Å². The van der Waals surface area contributed by atoms with Gasteiger partial charge in [0, 0.05) is 29.2 Å². The third-order valence-corrected chi connectivity index (χ3v) is 3.13. The predicted molar refractivity (Wildman–Crippen MR) is 64.5 cm³/mol. The van der Waals surface area contributed by atoms with E-state index in [0.717, 1.165) is 5.56 Å². The van der Waals surface area contributed by atoms with Crippen LogP contribution in [-0.2, 0) is 0 Å². The fourth-order valence-electron chi connectivity index (χ4n) is 2.20. The first-order valence-corrected chi connectivity index (χ1v) is 5.34. The number of fused-ring (bicyclic) bond motifs is 1. The summed E-state index contributed by atoms with van der Waals surface area (Å²) in [6.45, 7) is 4.27. The van der Waals surface area contributed by atoms with Gasteiger partial charge >= 0.3 is 0 Å². The van der Waals surface area contributed by atoms with Crippen LogP contribution in [0.1, 0.15) is 11.1 Å². The molecule has 1 aliphatic heterocycles. The molecule has 3 heteroatoms. The smallest absolute Gasteiger partial charge is 0.0565 e. The Morgan fingerprint density at radius 3 is 2.75 bits per heavy atom. The fraction of sp³-hybridized carbons (Fsp3) is 0.154. The number of rotatable bonds is 1. The zero-order chi connectivity index (χ0) is 11.1. The van der Waals surface area contributed by atoms with E-state index >= 15 is 0 Å². The first kappa shape index (κ1) is 9.21. The molecule has 0 atom stereocenters. The van der Waals surface area contributed by atoms with Crippen molar-refractivity contribution in [2.24, 2.45) is 0 Å². The highest BCUT2D eigenvalue weighted by atomic mass is 15.1. The van der Waals surface area contributed by atoms with Crippen molar-refractivity contribution in [2.45, 2.75) is 13.8 Å². The standard InChI is InChI=1S/C13H13N3/c1-8-3-4-14-13-9(2)12(5-11(8)13)10-6-15-16-7-10/h3-7,14H,1-2H3,(H,15,16). The van der Waals surface area contributed by atoms with Crippen LogP contribution in [0, 0.1) is 13.8 Å². The lowest BCUT2D eigenvalue weighted by Crippen LogP contribution is -1.85. The molecule has 0 bridgehead atoms. The average molecular weight is 211 g/mol. The molecule has 3 nitrogen and oxygen atoms in total. The SMILES string of the molecule is Cc1cc[nH]c2c(C)c(-c3cn[nH]c3)cc1-2. The maximum Gasteiger partial charge on any atom is 0.0565 e. The van der Waals surface area contributed by atoms with E-state index in [-0.39, 0.29) is 0 Å². The van der Waals surface area contributed by atoms with Gasteiger partial charge in [0.25, 0.3) is 0 Å². The second-order valence-corrected chi connectivity index (χ2v) is 4.12. The van der Waals surface area contributed by atoms with E-state index in [4.69, 9.17) is 0 Å². The molecule has 0 amide bonds. The second kappa shape index (κ2) is 3.23. The molecule has 0 saturated heterocycles. The molecular weight excluding hydrogens is 198 g/mol. The van der Waals surface area contributed by atoms with Gasteiger partial charge in [0.05, 0.1) is 6.20 Å². The van der Waals surface area contributed by atoms with E-state index < -0.39 is 0 Å². The van der Waals surface area contributed by atoms with Crippen LogP contribution in [0.15, 0.2) is 30.7 Å². The van der Waals surface area contributed by atoms with Gasteiger partial charge in [0.2, 0.25) is 0 Å². The molecule has 16 heavy (non-hydrogen) atoms. The lowest BCUT2D eigenvalue weighted by Gasteiger charge is -2.03. The van der Waals surface area contributed by atoms with Crippen molar-refractivity contribution in [2.75, 3.05) is 0 Å². The van der Waals surface area contributed by atoms with Gasteiger partial charge in [0.15, 0.2) is 0 Å². The highest BCUT2D eigenvalue weighted by Crippen LogP contribution is 2.37. The van der Waals surface area contributed by atoms with Crippen LogP contribution in [0.2, 0.25) is 0 Å². The van der Waals surface area contributed by atoms with E-state index in [1.165, 1.54) is 27.9 Å². The Hall–Kier alpha value is -2.03. The van der Waals surface area contributed by atoms with Gasteiger partial charge in [-0.25, -0.2) is 0 Å². The minimum absolute atomic E-state index is 1.14. The fourth-order valence-corrected chi connectivity index (χ4v) is 2.20. The van der Waals surface area contributed by atoms with Gasteiger partial charge in [-0.15, -0.1) is 0 Å². The van der Waals surface area contributed by atoms with Crippen molar-refractivity contribution in [3.8, 4) is 22.4 Å². The van der Waals surface area contributed by atoms with Crippen LogP contribution in [-0.4, -0.2) is 15.2 Å². The van der Waals surface area contributed by atoms with Crippen LogP contribution in [0.4, 0.5) is 0 Å². The molecule has 80 valence electrons. The Balaban J connectivity index is 2.32. The molecule has 3 rings (SSSR count). The van der Waals surface area contributed by atoms with Crippen LogP contribution in [0.3, 0.4) is 0 Å². The van der Waals surface area contributed by atoms with Gasteiger partial charge in [-0.1, -0.05) is 0 Å². The zero-order valence-corrected chi connectivity index (χ0v) is 9.33. The number of aromatic nitrogens is 3. The van der Waals surface area contributed by atoms with Gasteiger partial charge in [-0.2, -0.15) is 5.10 Å². The Bertz CT molecular complexity index is 590. The normalized spacial score (nSPS) is 11.1. The summed E-state index contributed by atoms with van der Waals surface area (Å²) in [6, 6.07) is 4.32.